The summed E-state index contributed by atoms with van der Waals surface area (Å²) in [6, 6.07) is 19.6. The van der Waals surface area contributed by atoms with E-state index in [1.165, 1.54) is 28.2 Å². The van der Waals surface area contributed by atoms with Gasteiger partial charge in [-0.15, -0.1) is 11.8 Å². The Labute approximate surface area is 101 Å². The van der Waals surface area contributed by atoms with Crippen LogP contribution in [-0.2, 0) is 6.42 Å². The lowest BCUT2D eigenvalue weighted by atomic mass is 9.93. The Morgan fingerprint density at radius 2 is 1.62 bits per heavy atom. The van der Waals surface area contributed by atoms with Crippen molar-refractivity contribution in [1.29, 1.82) is 0 Å². The molecule has 0 bridgehead atoms. The summed E-state index contributed by atoms with van der Waals surface area (Å²) in [5.74, 6) is 1.89. The third-order valence-electron chi connectivity index (χ3n) is 3.15. The van der Waals surface area contributed by atoms with Gasteiger partial charge >= 0.3 is 0 Å². The first-order chi connectivity index (χ1) is 7.93. The minimum absolute atomic E-state index is 0.682. The number of hydrogen-bond donors (Lipinski definition) is 0. The second-order valence-electron chi connectivity index (χ2n) is 4.23. The van der Waals surface area contributed by atoms with Gasteiger partial charge in [-0.25, -0.2) is 0 Å². The molecule has 0 aliphatic carbocycles. The summed E-state index contributed by atoms with van der Waals surface area (Å²) in [5.41, 5.74) is 2.98. The van der Waals surface area contributed by atoms with Crippen LogP contribution in [0.1, 0.15) is 17.0 Å². The quantitative estimate of drug-likeness (QED) is 0.705. The highest BCUT2D eigenvalue weighted by atomic mass is 32.2. The molecule has 80 valence electrons. The van der Waals surface area contributed by atoms with Crippen LogP contribution in [-0.4, -0.2) is 5.75 Å². The van der Waals surface area contributed by atoms with E-state index in [-0.39, 0.29) is 0 Å². The SMILES string of the molecule is c1ccc([C@H]2CSc3ccccc3C2)cc1. The molecule has 0 amide bonds. The van der Waals surface area contributed by atoms with E-state index in [2.05, 4.69) is 54.6 Å². The summed E-state index contributed by atoms with van der Waals surface area (Å²) in [5, 5.41) is 0. The lowest BCUT2D eigenvalue weighted by molar-refractivity contribution is 0.746. The van der Waals surface area contributed by atoms with Gasteiger partial charge < -0.3 is 0 Å². The zero-order valence-electron chi connectivity index (χ0n) is 9.10. The lowest BCUT2D eigenvalue weighted by Crippen LogP contribution is -2.11. The first kappa shape index (κ1) is 9.98. The van der Waals surface area contributed by atoms with Gasteiger partial charge in [0, 0.05) is 10.6 Å². The summed E-state index contributed by atoms with van der Waals surface area (Å²) in [4.78, 5) is 1.47. The van der Waals surface area contributed by atoms with Gasteiger partial charge in [0.25, 0.3) is 0 Å². The average Bonchev–Trinajstić information content (AvgIpc) is 2.39. The lowest BCUT2D eigenvalue weighted by Gasteiger charge is -2.24. The fourth-order valence-electron chi connectivity index (χ4n) is 2.27. The molecule has 0 unspecified atom stereocenters. The van der Waals surface area contributed by atoms with Crippen LogP contribution in [0.15, 0.2) is 59.5 Å². The van der Waals surface area contributed by atoms with Crippen molar-refractivity contribution in [3.8, 4) is 0 Å². The van der Waals surface area contributed by atoms with Crippen molar-refractivity contribution in [2.75, 3.05) is 5.75 Å². The zero-order chi connectivity index (χ0) is 10.8. The topological polar surface area (TPSA) is 0 Å². The van der Waals surface area contributed by atoms with Crippen LogP contribution in [0.25, 0.3) is 0 Å². The molecule has 3 rings (SSSR count). The molecule has 0 fully saturated rings. The van der Waals surface area contributed by atoms with Gasteiger partial charge in [-0.2, -0.15) is 0 Å². The van der Waals surface area contributed by atoms with E-state index in [0.29, 0.717) is 5.92 Å². The highest BCUT2D eigenvalue weighted by Crippen LogP contribution is 2.37. The molecule has 0 N–H and O–H groups in total. The molecular weight excluding hydrogens is 212 g/mol. The van der Waals surface area contributed by atoms with Gasteiger partial charge in [-0.3, -0.25) is 0 Å². The van der Waals surface area contributed by atoms with Crippen LogP contribution in [0.5, 0.6) is 0 Å². The van der Waals surface area contributed by atoms with Crippen LogP contribution in [0.3, 0.4) is 0 Å². The number of rotatable bonds is 1. The van der Waals surface area contributed by atoms with Gasteiger partial charge in [0.05, 0.1) is 0 Å². The second-order valence-corrected chi connectivity index (χ2v) is 5.29. The van der Waals surface area contributed by atoms with Crippen LogP contribution in [0.2, 0.25) is 0 Å². The first-order valence-corrected chi connectivity index (χ1v) is 6.68. The second kappa shape index (κ2) is 4.34. The highest BCUT2D eigenvalue weighted by molar-refractivity contribution is 7.99. The maximum atomic E-state index is 2.26. The van der Waals surface area contributed by atoms with Gasteiger partial charge in [-0.05, 0) is 29.5 Å². The van der Waals surface area contributed by atoms with Crippen LogP contribution < -0.4 is 0 Å². The van der Waals surface area contributed by atoms with E-state index in [4.69, 9.17) is 0 Å². The summed E-state index contributed by atoms with van der Waals surface area (Å²) in [6.07, 6.45) is 1.19. The molecule has 2 aromatic rings. The molecule has 0 saturated carbocycles. The molecule has 1 heteroatoms. The smallest absolute Gasteiger partial charge is 0.0104 e. The molecule has 1 aliphatic heterocycles. The standard InChI is InChI=1S/C15H14S/c1-2-6-12(7-3-1)14-10-13-8-4-5-9-15(13)16-11-14/h1-9,14H,10-11H2/t14-/m1/s1. The average molecular weight is 226 g/mol. The van der Waals surface area contributed by atoms with Crippen molar-refractivity contribution in [2.24, 2.45) is 0 Å². The summed E-state index contributed by atoms with van der Waals surface area (Å²) in [7, 11) is 0. The summed E-state index contributed by atoms with van der Waals surface area (Å²) in [6.45, 7) is 0. The predicted octanol–water partition coefficient (Wildman–Crippen LogP) is 4.12. The van der Waals surface area contributed by atoms with E-state index >= 15 is 0 Å². The normalized spacial score (nSPS) is 19.1. The van der Waals surface area contributed by atoms with Gasteiger partial charge in [0.15, 0.2) is 0 Å². The molecule has 16 heavy (non-hydrogen) atoms. The van der Waals surface area contributed by atoms with Crippen molar-refractivity contribution in [1.82, 2.24) is 0 Å². The molecule has 0 aromatic heterocycles. The zero-order valence-corrected chi connectivity index (χ0v) is 9.91. The Bertz CT molecular complexity index is 476. The van der Waals surface area contributed by atoms with Gasteiger partial charge in [0.1, 0.15) is 0 Å². The third-order valence-corrected chi connectivity index (χ3v) is 4.43. The van der Waals surface area contributed by atoms with Crippen LogP contribution in [0, 0.1) is 0 Å². The molecule has 1 aliphatic rings. The molecule has 0 nitrogen and oxygen atoms in total. The van der Waals surface area contributed by atoms with Gasteiger partial charge in [0.2, 0.25) is 0 Å². The Morgan fingerprint density at radius 1 is 0.875 bits per heavy atom. The number of hydrogen-bond acceptors (Lipinski definition) is 1. The Kier molecular flexibility index (Phi) is 2.71. The van der Waals surface area contributed by atoms with Crippen LogP contribution in [0.4, 0.5) is 0 Å². The van der Waals surface area contributed by atoms with E-state index in [1.54, 1.807) is 0 Å². The molecule has 2 aromatic carbocycles. The van der Waals surface area contributed by atoms with Crippen molar-refractivity contribution >= 4 is 11.8 Å². The molecule has 0 saturated heterocycles. The maximum absolute atomic E-state index is 2.26. The predicted molar refractivity (Wildman–Crippen MR) is 70.1 cm³/mol. The number of thioether (sulfide) groups is 1. The molecule has 0 spiro atoms. The van der Waals surface area contributed by atoms with Crippen molar-refractivity contribution in [3.63, 3.8) is 0 Å². The van der Waals surface area contributed by atoms with E-state index in [1.807, 2.05) is 11.8 Å². The van der Waals surface area contributed by atoms with E-state index < -0.39 is 0 Å². The molecule has 1 atom stereocenters. The van der Waals surface area contributed by atoms with Crippen molar-refractivity contribution < 1.29 is 0 Å². The first-order valence-electron chi connectivity index (χ1n) is 5.69. The minimum atomic E-state index is 0.682. The summed E-state index contributed by atoms with van der Waals surface area (Å²) < 4.78 is 0. The number of benzene rings is 2. The number of fused-ring (bicyclic) bond motifs is 1. The highest BCUT2D eigenvalue weighted by Gasteiger charge is 2.19. The maximum Gasteiger partial charge on any atom is 0.0104 e. The molecule has 0 radical (unpaired) electrons. The Morgan fingerprint density at radius 3 is 2.50 bits per heavy atom. The van der Waals surface area contributed by atoms with Crippen LogP contribution >= 0.6 is 11.8 Å². The Balaban J connectivity index is 1.89. The van der Waals surface area contributed by atoms with E-state index in [0.717, 1.165) is 0 Å². The van der Waals surface area contributed by atoms with Crippen molar-refractivity contribution in [3.05, 3.63) is 65.7 Å². The van der Waals surface area contributed by atoms with Gasteiger partial charge in [-0.1, -0.05) is 48.5 Å². The fraction of sp³-hybridized carbons (Fsp3) is 0.200. The third kappa shape index (κ3) is 1.88. The fourth-order valence-corrected chi connectivity index (χ4v) is 3.47. The summed E-state index contributed by atoms with van der Waals surface area (Å²) >= 11 is 1.99. The van der Waals surface area contributed by atoms with Crippen molar-refractivity contribution in [2.45, 2.75) is 17.2 Å². The Hall–Kier alpha value is -1.21. The van der Waals surface area contributed by atoms with E-state index in [9.17, 15) is 0 Å². The largest absolute Gasteiger partial charge is 0.125 e. The minimum Gasteiger partial charge on any atom is -0.125 e. The molecule has 1 heterocycles. The monoisotopic (exact) mass is 226 g/mol. The molecular formula is C15H14S.